The highest BCUT2D eigenvalue weighted by atomic mass is 35.5. The first-order chi connectivity index (χ1) is 8.24. The first kappa shape index (κ1) is 15.1. The Kier molecular flexibility index (Phi) is 4.88. The zero-order chi connectivity index (χ0) is 13.9. The Labute approximate surface area is 114 Å². The lowest BCUT2D eigenvalue weighted by molar-refractivity contribution is 0.226. The van der Waals surface area contributed by atoms with Gasteiger partial charge in [0.1, 0.15) is 0 Å². The highest BCUT2D eigenvalue weighted by Gasteiger charge is 2.21. The first-order valence-corrected chi connectivity index (χ1v) is 6.43. The van der Waals surface area contributed by atoms with Crippen LogP contribution in [0.4, 0.5) is 0 Å². The molecular formula is C14H22ClNO2. The van der Waals surface area contributed by atoms with Gasteiger partial charge in [0.25, 0.3) is 0 Å². The van der Waals surface area contributed by atoms with E-state index in [1.54, 1.807) is 7.11 Å². The Morgan fingerprint density at radius 2 is 1.94 bits per heavy atom. The molecule has 0 amide bonds. The van der Waals surface area contributed by atoms with Crippen molar-refractivity contribution in [3.63, 3.8) is 0 Å². The number of halogens is 1. The first-order valence-electron chi connectivity index (χ1n) is 6.05. The molecule has 1 aromatic rings. The van der Waals surface area contributed by atoms with Crippen LogP contribution in [0.15, 0.2) is 12.1 Å². The summed E-state index contributed by atoms with van der Waals surface area (Å²) in [6, 6.07) is 3.63. The third-order valence-corrected chi connectivity index (χ3v) is 2.73. The summed E-state index contributed by atoms with van der Waals surface area (Å²) in [7, 11) is 1.62. The summed E-state index contributed by atoms with van der Waals surface area (Å²) in [5, 5.41) is 0.657. The van der Waals surface area contributed by atoms with E-state index in [4.69, 9.17) is 26.8 Å². The lowest BCUT2D eigenvalue weighted by Crippen LogP contribution is -2.34. The minimum absolute atomic E-state index is 0.0528. The second-order valence-corrected chi connectivity index (χ2v) is 5.80. The smallest absolute Gasteiger partial charge is 0.166 e. The van der Waals surface area contributed by atoms with E-state index in [1.165, 1.54) is 0 Å². The maximum Gasteiger partial charge on any atom is 0.166 e. The van der Waals surface area contributed by atoms with E-state index in [-0.39, 0.29) is 11.6 Å². The Balaban J connectivity index is 3.26. The molecule has 0 spiro atoms. The molecule has 0 heterocycles. The van der Waals surface area contributed by atoms with Crippen LogP contribution in [0.5, 0.6) is 11.5 Å². The molecule has 1 rings (SSSR count). The molecule has 0 fully saturated rings. The fraction of sp³-hybridized carbons (Fsp3) is 0.571. The quantitative estimate of drug-likeness (QED) is 0.892. The average Bonchev–Trinajstić information content (AvgIpc) is 2.21. The van der Waals surface area contributed by atoms with Gasteiger partial charge in [-0.2, -0.15) is 0 Å². The van der Waals surface area contributed by atoms with Crippen LogP contribution in [-0.2, 0) is 6.42 Å². The van der Waals surface area contributed by atoms with E-state index in [2.05, 4.69) is 0 Å². The van der Waals surface area contributed by atoms with Crippen molar-refractivity contribution in [3.05, 3.63) is 22.7 Å². The number of nitrogens with two attached hydrogens (primary N) is 1. The predicted octanol–water partition coefficient (Wildman–Crippen LogP) is 3.42. The molecule has 4 heteroatoms. The third kappa shape index (κ3) is 4.07. The highest BCUT2D eigenvalue weighted by Crippen LogP contribution is 2.38. The molecule has 0 aliphatic rings. The molecule has 0 saturated carbocycles. The zero-order valence-corrected chi connectivity index (χ0v) is 12.5. The molecule has 0 aliphatic heterocycles. The Morgan fingerprint density at radius 3 is 2.39 bits per heavy atom. The van der Waals surface area contributed by atoms with E-state index in [0.717, 1.165) is 5.56 Å². The molecule has 0 atom stereocenters. The summed E-state index contributed by atoms with van der Waals surface area (Å²) in [4.78, 5) is 0. The van der Waals surface area contributed by atoms with Gasteiger partial charge in [-0.3, -0.25) is 0 Å². The maximum atomic E-state index is 6.26. The maximum absolute atomic E-state index is 6.26. The van der Waals surface area contributed by atoms with Crippen LogP contribution >= 0.6 is 11.6 Å². The van der Waals surface area contributed by atoms with Crippen LogP contribution in [0.25, 0.3) is 0 Å². The van der Waals surface area contributed by atoms with Crippen molar-refractivity contribution in [1.29, 1.82) is 0 Å². The normalized spacial score (nSPS) is 11.8. The second-order valence-electron chi connectivity index (χ2n) is 5.39. The van der Waals surface area contributed by atoms with Crippen LogP contribution in [-0.4, -0.2) is 18.8 Å². The predicted molar refractivity (Wildman–Crippen MR) is 75.7 cm³/mol. The van der Waals surface area contributed by atoms with Gasteiger partial charge >= 0.3 is 0 Å². The number of methoxy groups -OCH3 is 1. The van der Waals surface area contributed by atoms with E-state index in [9.17, 15) is 0 Å². The summed E-state index contributed by atoms with van der Waals surface area (Å²) in [5.74, 6) is 1.38. The molecule has 0 radical (unpaired) electrons. The van der Waals surface area contributed by atoms with E-state index in [0.29, 0.717) is 22.9 Å². The standard InChI is InChI=1S/C14H22ClNO2/c1-9(2)18-13-10(8-14(3,4)16)11(15)6-7-12(13)17-5/h6-7,9H,8,16H2,1-5H3. The molecule has 102 valence electrons. The van der Waals surface area contributed by atoms with Crippen LogP contribution in [0.2, 0.25) is 5.02 Å². The van der Waals surface area contributed by atoms with Gasteiger partial charge in [-0.05, 0) is 46.2 Å². The average molecular weight is 272 g/mol. The molecule has 2 N–H and O–H groups in total. The van der Waals surface area contributed by atoms with Gasteiger partial charge in [-0.25, -0.2) is 0 Å². The number of rotatable bonds is 5. The van der Waals surface area contributed by atoms with Crippen molar-refractivity contribution < 1.29 is 9.47 Å². The molecule has 0 saturated heterocycles. The Hall–Kier alpha value is -0.930. The second kappa shape index (κ2) is 5.81. The molecule has 0 aliphatic carbocycles. The number of hydrogen-bond donors (Lipinski definition) is 1. The van der Waals surface area contributed by atoms with E-state index in [1.807, 2.05) is 39.8 Å². The van der Waals surface area contributed by atoms with E-state index >= 15 is 0 Å². The van der Waals surface area contributed by atoms with Crippen LogP contribution < -0.4 is 15.2 Å². The third-order valence-electron chi connectivity index (χ3n) is 2.37. The summed E-state index contributed by atoms with van der Waals surface area (Å²) >= 11 is 6.26. The van der Waals surface area contributed by atoms with Crippen LogP contribution in [0, 0.1) is 0 Å². The Morgan fingerprint density at radius 1 is 1.33 bits per heavy atom. The lowest BCUT2D eigenvalue weighted by Gasteiger charge is -2.24. The SMILES string of the molecule is COc1ccc(Cl)c(CC(C)(C)N)c1OC(C)C. The van der Waals surface area contributed by atoms with Crippen molar-refractivity contribution in [2.45, 2.75) is 45.8 Å². The Bertz CT molecular complexity index is 411. The largest absolute Gasteiger partial charge is 0.493 e. The van der Waals surface area contributed by atoms with Gasteiger partial charge in [0, 0.05) is 16.1 Å². The summed E-state index contributed by atoms with van der Waals surface area (Å²) in [6.45, 7) is 7.86. The van der Waals surface area contributed by atoms with Crippen molar-refractivity contribution >= 4 is 11.6 Å². The topological polar surface area (TPSA) is 44.5 Å². The molecule has 18 heavy (non-hydrogen) atoms. The summed E-state index contributed by atoms with van der Waals surface area (Å²) < 4.78 is 11.2. The van der Waals surface area contributed by atoms with Gasteiger partial charge in [-0.15, -0.1) is 0 Å². The fourth-order valence-corrected chi connectivity index (χ4v) is 1.94. The minimum Gasteiger partial charge on any atom is -0.493 e. The van der Waals surface area contributed by atoms with Gasteiger partial charge < -0.3 is 15.2 Å². The molecule has 3 nitrogen and oxygen atoms in total. The summed E-state index contributed by atoms with van der Waals surface area (Å²) in [5.41, 5.74) is 6.62. The molecular weight excluding hydrogens is 250 g/mol. The lowest BCUT2D eigenvalue weighted by atomic mass is 9.95. The van der Waals surface area contributed by atoms with Gasteiger partial charge in [0.2, 0.25) is 0 Å². The molecule has 0 bridgehead atoms. The minimum atomic E-state index is -0.356. The molecule has 0 unspecified atom stereocenters. The zero-order valence-electron chi connectivity index (χ0n) is 11.7. The fourth-order valence-electron chi connectivity index (χ4n) is 1.73. The van der Waals surface area contributed by atoms with Gasteiger partial charge in [-0.1, -0.05) is 11.6 Å². The molecule has 1 aromatic carbocycles. The van der Waals surface area contributed by atoms with Crippen molar-refractivity contribution in [1.82, 2.24) is 0 Å². The number of benzene rings is 1. The molecule has 0 aromatic heterocycles. The van der Waals surface area contributed by atoms with Crippen LogP contribution in [0.1, 0.15) is 33.3 Å². The number of ether oxygens (including phenoxy) is 2. The van der Waals surface area contributed by atoms with Gasteiger partial charge in [0.15, 0.2) is 11.5 Å². The monoisotopic (exact) mass is 271 g/mol. The number of hydrogen-bond acceptors (Lipinski definition) is 3. The van der Waals surface area contributed by atoms with E-state index < -0.39 is 0 Å². The highest BCUT2D eigenvalue weighted by molar-refractivity contribution is 6.31. The summed E-state index contributed by atoms with van der Waals surface area (Å²) in [6.07, 6.45) is 0.683. The van der Waals surface area contributed by atoms with Crippen molar-refractivity contribution in [2.24, 2.45) is 5.73 Å². The van der Waals surface area contributed by atoms with Crippen molar-refractivity contribution in [2.75, 3.05) is 7.11 Å². The van der Waals surface area contributed by atoms with Crippen molar-refractivity contribution in [3.8, 4) is 11.5 Å². The van der Waals surface area contributed by atoms with Gasteiger partial charge in [0.05, 0.1) is 13.2 Å². The van der Waals surface area contributed by atoms with Crippen LogP contribution in [0.3, 0.4) is 0 Å².